The summed E-state index contributed by atoms with van der Waals surface area (Å²) >= 11 is 0. The summed E-state index contributed by atoms with van der Waals surface area (Å²) in [5.41, 5.74) is 5.63. The van der Waals surface area contributed by atoms with Crippen molar-refractivity contribution in [3.05, 3.63) is 76.9 Å². The molecule has 0 unspecified atom stereocenters. The average molecular weight is 291 g/mol. The minimum atomic E-state index is 0.129. The van der Waals surface area contributed by atoms with Gasteiger partial charge in [0, 0.05) is 18.7 Å². The molecule has 0 fully saturated rings. The van der Waals surface area contributed by atoms with Crippen molar-refractivity contribution in [1.82, 2.24) is 4.90 Å². The maximum absolute atomic E-state index is 12.7. The van der Waals surface area contributed by atoms with Crippen LogP contribution < -0.4 is 0 Å². The lowest BCUT2D eigenvalue weighted by molar-refractivity contribution is 0.0774. The fraction of sp³-hybridized carbons (Fsp3) is 0.250. The number of hydrogen-bond donors (Lipinski definition) is 0. The van der Waals surface area contributed by atoms with Crippen LogP contribution in [0, 0.1) is 13.8 Å². The molecule has 0 saturated carbocycles. The first-order valence-electron chi connectivity index (χ1n) is 7.76. The standard InChI is InChI=1S/C20H21NO/c1-15-10-11-18(13-16(15)2)20(22)21-12-6-9-19(14-21)17-7-4-3-5-8-17/h3-5,7-11,13H,6,12,14H2,1-2H3. The Bertz CT molecular complexity index is 716. The molecule has 0 atom stereocenters. The van der Waals surface area contributed by atoms with E-state index in [1.54, 1.807) is 0 Å². The summed E-state index contributed by atoms with van der Waals surface area (Å²) in [5, 5.41) is 0. The van der Waals surface area contributed by atoms with Crippen molar-refractivity contribution in [2.75, 3.05) is 13.1 Å². The van der Waals surface area contributed by atoms with Gasteiger partial charge in [-0.3, -0.25) is 4.79 Å². The highest BCUT2D eigenvalue weighted by Gasteiger charge is 2.20. The Morgan fingerprint density at radius 2 is 1.77 bits per heavy atom. The van der Waals surface area contributed by atoms with Gasteiger partial charge in [-0.1, -0.05) is 42.5 Å². The smallest absolute Gasteiger partial charge is 0.254 e. The fourth-order valence-electron chi connectivity index (χ4n) is 2.84. The van der Waals surface area contributed by atoms with E-state index in [1.807, 2.05) is 41.3 Å². The van der Waals surface area contributed by atoms with E-state index in [1.165, 1.54) is 22.3 Å². The molecule has 0 aromatic heterocycles. The van der Waals surface area contributed by atoms with E-state index in [0.29, 0.717) is 6.54 Å². The average Bonchev–Trinajstić information content (AvgIpc) is 2.57. The number of rotatable bonds is 2. The van der Waals surface area contributed by atoms with Gasteiger partial charge in [-0.25, -0.2) is 0 Å². The molecule has 1 aliphatic heterocycles. The van der Waals surface area contributed by atoms with Crippen molar-refractivity contribution >= 4 is 11.5 Å². The summed E-state index contributed by atoms with van der Waals surface area (Å²) in [7, 11) is 0. The van der Waals surface area contributed by atoms with Gasteiger partial charge in [0.1, 0.15) is 0 Å². The molecule has 0 bridgehead atoms. The second-order valence-corrected chi connectivity index (χ2v) is 5.91. The molecule has 0 aliphatic carbocycles. The maximum atomic E-state index is 12.7. The Morgan fingerprint density at radius 3 is 2.50 bits per heavy atom. The lowest BCUT2D eigenvalue weighted by Crippen LogP contribution is -2.35. The van der Waals surface area contributed by atoms with Gasteiger partial charge in [-0.05, 0) is 54.7 Å². The normalized spacial score (nSPS) is 14.6. The molecule has 0 N–H and O–H groups in total. The number of carbonyl (C=O) groups excluding carboxylic acids is 1. The van der Waals surface area contributed by atoms with Gasteiger partial charge < -0.3 is 4.90 Å². The molecule has 3 rings (SSSR count). The van der Waals surface area contributed by atoms with Crippen LogP contribution in [-0.2, 0) is 0 Å². The molecule has 22 heavy (non-hydrogen) atoms. The van der Waals surface area contributed by atoms with E-state index in [4.69, 9.17) is 0 Å². The van der Waals surface area contributed by atoms with Crippen molar-refractivity contribution in [3.8, 4) is 0 Å². The zero-order valence-electron chi connectivity index (χ0n) is 13.2. The Hall–Kier alpha value is -2.35. The molecule has 0 saturated heterocycles. The van der Waals surface area contributed by atoms with Crippen LogP contribution in [0.3, 0.4) is 0 Å². The monoisotopic (exact) mass is 291 g/mol. The van der Waals surface area contributed by atoms with E-state index in [2.05, 4.69) is 32.1 Å². The van der Waals surface area contributed by atoms with Gasteiger partial charge in [0.05, 0.1) is 0 Å². The summed E-state index contributed by atoms with van der Waals surface area (Å²) in [5.74, 6) is 0.129. The van der Waals surface area contributed by atoms with E-state index < -0.39 is 0 Å². The Balaban J connectivity index is 1.80. The van der Waals surface area contributed by atoms with Crippen LogP contribution in [0.2, 0.25) is 0 Å². The van der Waals surface area contributed by atoms with Gasteiger partial charge in [0.15, 0.2) is 0 Å². The molecular weight excluding hydrogens is 270 g/mol. The highest BCUT2D eigenvalue weighted by molar-refractivity contribution is 5.95. The number of benzene rings is 2. The van der Waals surface area contributed by atoms with Gasteiger partial charge in [-0.2, -0.15) is 0 Å². The number of nitrogens with zero attached hydrogens (tertiary/aromatic N) is 1. The van der Waals surface area contributed by atoms with Crippen LogP contribution in [0.5, 0.6) is 0 Å². The van der Waals surface area contributed by atoms with Gasteiger partial charge in [0.25, 0.3) is 5.91 Å². The highest BCUT2D eigenvalue weighted by atomic mass is 16.2. The third kappa shape index (κ3) is 2.96. The van der Waals surface area contributed by atoms with Crippen molar-refractivity contribution in [1.29, 1.82) is 0 Å². The summed E-state index contributed by atoms with van der Waals surface area (Å²) in [6.07, 6.45) is 3.17. The van der Waals surface area contributed by atoms with Gasteiger partial charge in [0.2, 0.25) is 0 Å². The Kier molecular flexibility index (Phi) is 4.10. The number of hydrogen-bond acceptors (Lipinski definition) is 1. The van der Waals surface area contributed by atoms with Gasteiger partial charge >= 0.3 is 0 Å². The van der Waals surface area contributed by atoms with Crippen LogP contribution in [-0.4, -0.2) is 23.9 Å². The first kappa shape index (κ1) is 14.6. The number of aryl methyl sites for hydroxylation is 2. The molecule has 1 aliphatic rings. The van der Waals surface area contributed by atoms with Gasteiger partial charge in [-0.15, -0.1) is 0 Å². The largest absolute Gasteiger partial charge is 0.334 e. The predicted octanol–water partition coefficient (Wildman–Crippen LogP) is 4.23. The van der Waals surface area contributed by atoms with Crippen LogP contribution in [0.15, 0.2) is 54.6 Å². The highest BCUT2D eigenvalue weighted by Crippen LogP contribution is 2.22. The van der Waals surface area contributed by atoms with E-state index in [0.717, 1.165) is 18.5 Å². The first-order chi connectivity index (χ1) is 10.6. The molecule has 2 aromatic carbocycles. The van der Waals surface area contributed by atoms with Crippen molar-refractivity contribution in [2.24, 2.45) is 0 Å². The summed E-state index contributed by atoms with van der Waals surface area (Å²) in [6, 6.07) is 16.3. The minimum Gasteiger partial charge on any atom is -0.334 e. The SMILES string of the molecule is Cc1ccc(C(=O)N2CCC=C(c3ccccc3)C2)cc1C. The molecule has 1 amide bonds. The van der Waals surface area contributed by atoms with E-state index in [-0.39, 0.29) is 5.91 Å². The second-order valence-electron chi connectivity index (χ2n) is 5.91. The summed E-state index contributed by atoms with van der Waals surface area (Å²) in [6.45, 7) is 5.61. The van der Waals surface area contributed by atoms with Crippen LogP contribution in [0.4, 0.5) is 0 Å². The maximum Gasteiger partial charge on any atom is 0.254 e. The number of amides is 1. The minimum absolute atomic E-state index is 0.129. The molecule has 2 aromatic rings. The summed E-state index contributed by atoms with van der Waals surface area (Å²) in [4.78, 5) is 14.7. The zero-order chi connectivity index (χ0) is 15.5. The molecule has 112 valence electrons. The second kappa shape index (κ2) is 6.18. The summed E-state index contributed by atoms with van der Waals surface area (Å²) < 4.78 is 0. The molecule has 0 radical (unpaired) electrons. The molecule has 0 spiro atoms. The molecular formula is C20H21NO. The topological polar surface area (TPSA) is 20.3 Å². The predicted molar refractivity (Wildman–Crippen MR) is 90.9 cm³/mol. The quantitative estimate of drug-likeness (QED) is 0.810. The van der Waals surface area contributed by atoms with Crippen LogP contribution >= 0.6 is 0 Å². The Labute approximate surface area is 132 Å². The lowest BCUT2D eigenvalue weighted by atomic mass is 10.00. The first-order valence-corrected chi connectivity index (χ1v) is 7.76. The Morgan fingerprint density at radius 1 is 1.00 bits per heavy atom. The van der Waals surface area contributed by atoms with Crippen molar-refractivity contribution < 1.29 is 4.79 Å². The fourth-order valence-corrected chi connectivity index (χ4v) is 2.84. The third-order valence-electron chi connectivity index (χ3n) is 4.34. The lowest BCUT2D eigenvalue weighted by Gasteiger charge is -2.28. The molecule has 1 heterocycles. The third-order valence-corrected chi connectivity index (χ3v) is 4.34. The van der Waals surface area contributed by atoms with Crippen molar-refractivity contribution in [3.63, 3.8) is 0 Å². The molecule has 2 heteroatoms. The van der Waals surface area contributed by atoms with E-state index in [9.17, 15) is 4.79 Å². The number of carbonyl (C=O) groups is 1. The van der Waals surface area contributed by atoms with E-state index >= 15 is 0 Å². The van der Waals surface area contributed by atoms with Crippen LogP contribution in [0.25, 0.3) is 5.57 Å². The van der Waals surface area contributed by atoms with Crippen molar-refractivity contribution in [2.45, 2.75) is 20.3 Å². The molecule has 2 nitrogen and oxygen atoms in total. The zero-order valence-corrected chi connectivity index (χ0v) is 13.2. The van der Waals surface area contributed by atoms with Crippen LogP contribution in [0.1, 0.15) is 33.5 Å².